The third-order valence-electron chi connectivity index (χ3n) is 2.96. The van der Waals surface area contributed by atoms with E-state index in [0.29, 0.717) is 0 Å². The molecule has 0 bridgehead atoms. The Labute approximate surface area is 83.5 Å². The topological polar surface area (TPSA) is 41.6 Å². The summed E-state index contributed by atoms with van der Waals surface area (Å²) in [4.78, 5) is 0. The lowest BCUT2D eigenvalue weighted by atomic mass is 9.81. The molecular weight excluding hydrogens is 174 g/mol. The Morgan fingerprint density at radius 1 is 1.29 bits per heavy atom. The summed E-state index contributed by atoms with van der Waals surface area (Å²) >= 11 is 0. The second kappa shape index (κ2) is 3.08. The number of H-pyrrole nitrogens is 1. The van der Waals surface area contributed by atoms with E-state index in [2.05, 4.69) is 42.2 Å². The van der Waals surface area contributed by atoms with Crippen LogP contribution in [0.2, 0.25) is 0 Å². The summed E-state index contributed by atoms with van der Waals surface area (Å²) in [5.74, 6) is 0. The van der Waals surface area contributed by atoms with Crippen LogP contribution in [0.25, 0.3) is 11.0 Å². The van der Waals surface area contributed by atoms with Gasteiger partial charge in [-0.25, -0.2) is 0 Å². The minimum atomic E-state index is 0.163. The molecule has 1 aromatic heterocycles. The van der Waals surface area contributed by atoms with E-state index in [0.717, 1.165) is 17.5 Å². The van der Waals surface area contributed by atoms with Crippen LogP contribution in [0.3, 0.4) is 0 Å². The summed E-state index contributed by atoms with van der Waals surface area (Å²) < 4.78 is 0. The smallest absolute Gasteiger partial charge is 0.116 e. The summed E-state index contributed by atoms with van der Waals surface area (Å²) in [6.45, 7) is 6.66. The average molecular weight is 189 g/mol. The normalized spacial score (nSPS) is 12.2. The van der Waals surface area contributed by atoms with E-state index >= 15 is 0 Å². The molecule has 0 radical (unpaired) electrons. The lowest BCUT2D eigenvalue weighted by Crippen LogP contribution is -2.15. The number of benzene rings is 1. The molecule has 3 nitrogen and oxygen atoms in total. The minimum Gasteiger partial charge on any atom is -0.197 e. The first-order valence-electron chi connectivity index (χ1n) is 4.95. The molecule has 2 aromatic rings. The monoisotopic (exact) mass is 189 g/mol. The van der Waals surface area contributed by atoms with Gasteiger partial charge in [0.05, 0.1) is 0 Å². The number of hydrogen-bond acceptors (Lipinski definition) is 2. The first-order valence-corrected chi connectivity index (χ1v) is 4.95. The summed E-state index contributed by atoms with van der Waals surface area (Å²) in [5, 5.41) is 11.0. The van der Waals surface area contributed by atoms with E-state index in [9.17, 15) is 0 Å². The summed E-state index contributed by atoms with van der Waals surface area (Å²) in [6, 6.07) is 6.15. The number of hydrogen-bond donors (Lipinski definition) is 1. The number of nitrogens with one attached hydrogen (secondary N) is 1. The molecule has 0 fully saturated rings. The minimum absolute atomic E-state index is 0.163. The van der Waals surface area contributed by atoms with Gasteiger partial charge in [-0.1, -0.05) is 32.9 Å². The zero-order valence-electron chi connectivity index (χ0n) is 8.83. The van der Waals surface area contributed by atoms with Gasteiger partial charge in [-0.05, 0) is 23.5 Å². The Kier molecular flexibility index (Phi) is 2.02. The van der Waals surface area contributed by atoms with Crippen molar-refractivity contribution in [2.24, 2.45) is 0 Å². The van der Waals surface area contributed by atoms with E-state index in [1.165, 1.54) is 5.56 Å². The molecule has 0 aliphatic rings. The summed E-state index contributed by atoms with van der Waals surface area (Å²) in [5.41, 5.74) is 3.38. The molecule has 1 N–H and O–H groups in total. The van der Waals surface area contributed by atoms with Crippen LogP contribution >= 0.6 is 0 Å². The molecule has 0 amide bonds. The Morgan fingerprint density at radius 2 is 2.07 bits per heavy atom. The molecule has 2 rings (SSSR count). The van der Waals surface area contributed by atoms with Crippen molar-refractivity contribution in [1.82, 2.24) is 15.4 Å². The van der Waals surface area contributed by atoms with Crippen LogP contribution in [0.15, 0.2) is 18.2 Å². The molecule has 0 atom stereocenters. The summed E-state index contributed by atoms with van der Waals surface area (Å²) in [7, 11) is 0. The zero-order valence-corrected chi connectivity index (χ0v) is 8.83. The second-order valence-electron chi connectivity index (χ2n) is 4.23. The lowest BCUT2D eigenvalue weighted by molar-refractivity contribution is 0.509. The zero-order chi connectivity index (χ0) is 10.2. The van der Waals surface area contributed by atoms with Gasteiger partial charge in [0.25, 0.3) is 0 Å². The highest BCUT2D eigenvalue weighted by atomic mass is 15.3. The van der Waals surface area contributed by atoms with Crippen molar-refractivity contribution >= 4 is 11.0 Å². The number of aromatic amines is 1. The standard InChI is InChI=1S/C11H15N3/c1-4-11(2,3)8-6-5-7-9-10(8)13-14-12-9/h5-7H,4H2,1-3H3,(H,12,13,14). The van der Waals surface area contributed by atoms with E-state index in [1.807, 2.05) is 12.1 Å². The maximum Gasteiger partial charge on any atom is 0.116 e. The molecule has 14 heavy (non-hydrogen) atoms. The van der Waals surface area contributed by atoms with Crippen molar-refractivity contribution in [2.45, 2.75) is 32.6 Å². The van der Waals surface area contributed by atoms with Crippen LogP contribution in [0.1, 0.15) is 32.8 Å². The van der Waals surface area contributed by atoms with Gasteiger partial charge in [-0.15, -0.1) is 0 Å². The molecule has 74 valence electrons. The molecule has 1 aromatic carbocycles. The molecular formula is C11H15N3. The van der Waals surface area contributed by atoms with Gasteiger partial charge < -0.3 is 0 Å². The van der Waals surface area contributed by atoms with E-state index in [1.54, 1.807) is 0 Å². The van der Waals surface area contributed by atoms with Crippen LogP contribution in [0.5, 0.6) is 0 Å². The van der Waals surface area contributed by atoms with Crippen molar-refractivity contribution < 1.29 is 0 Å². The Hall–Kier alpha value is -1.38. The molecule has 1 heterocycles. The first kappa shape index (κ1) is 9.19. The third-order valence-corrected chi connectivity index (χ3v) is 2.96. The number of aromatic nitrogens is 3. The predicted molar refractivity (Wildman–Crippen MR) is 57.2 cm³/mol. The fourth-order valence-electron chi connectivity index (χ4n) is 1.60. The Bertz CT molecular complexity index is 442. The quantitative estimate of drug-likeness (QED) is 0.789. The largest absolute Gasteiger partial charge is 0.197 e. The molecule has 0 aliphatic heterocycles. The molecule has 0 spiro atoms. The number of para-hydroxylation sites is 1. The highest BCUT2D eigenvalue weighted by molar-refractivity contribution is 5.78. The Balaban J connectivity index is 2.67. The molecule has 3 heteroatoms. The van der Waals surface area contributed by atoms with Gasteiger partial charge in [0.1, 0.15) is 11.0 Å². The number of rotatable bonds is 2. The van der Waals surface area contributed by atoms with Crippen molar-refractivity contribution in [3.8, 4) is 0 Å². The highest BCUT2D eigenvalue weighted by Crippen LogP contribution is 2.30. The maximum atomic E-state index is 4.20. The fourth-order valence-corrected chi connectivity index (χ4v) is 1.60. The lowest BCUT2D eigenvalue weighted by Gasteiger charge is -2.23. The van der Waals surface area contributed by atoms with Crippen molar-refractivity contribution in [3.63, 3.8) is 0 Å². The molecule has 0 saturated carbocycles. The fraction of sp³-hybridized carbons (Fsp3) is 0.455. The van der Waals surface area contributed by atoms with Crippen LogP contribution in [-0.4, -0.2) is 15.4 Å². The summed E-state index contributed by atoms with van der Waals surface area (Å²) in [6.07, 6.45) is 1.10. The van der Waals surface area contributed by atoms with Crippen LogP contribution in [0, 0.1) is 0 Å². The van der Waals surface area contributed by atoms with Crippen LogP contribution in [0.4, 0.5) is 0 Å². The molecule has 0 saturated heterocycles. The average Bonchev–Trinajstić information content (AvgIpc) is 2.64. The van der Waals surface area contributed by atoms with Crippen molar-refractivity contribution in [1.29, 1.82) is 0 Å². The predicted octanol–water partition coefficient (Wildman–Crippen LogP) is 2.65. The van der Waals surface area contributed by atoms with Gasteiger partial charge in [0.15, 0.2) is 0 Å². The van der Waals surface area contributed by atoms with Crippen LogP contribution < -0.4 is 0 Å². The number of fused-ring (bicyclic) bond motifs is 1. The SMILES string of the molecule is CCC(C)(C)c1cccc2n[nH]nc12. The first-order chi connectivity index (χ1) is 6.65. The Morgan fingerprint density at radius 3 is 2.79 bits per heavy atom. The van der Waals surface area contributed by atoms with Crippen LogP contribution in [-0.2, 0) is 5.41 Å². The van der Waals surface area contributed by atoms with E-state index < -0.39 is 0 Å². The van der Waals surface area contributed by atoms with E-state index in [4.69, 9.17) is 0 Å². The highest BCUT2D eigenvalue weighted by Gasteiger charge is 2.21. The maximum absolute atomic E-state index is 4.20. The van der Waals surface area contributed by atoms with Gasteiger partial charge in [-0.2, -0.15) is 15.4 Å². The van der Waals surface area contributed by atoms with Gasteiger partial charge >= 0.3 is 0 Å². The third kappa shape index (κ3) is 1.29. The molecule has 0 unspecified atom stereocenters. The van der Waals surface area contributed by atoms with Crippen molar-refractivity contribution in [3.05, 3.63) is 23.8 Å². The second-order valence-corrected chi connectivity index (χ2v) is 4.23. The molecule has 0 aliphatic carbocycles. The van der Waals surface area contributed by atoms with Gasteiger partial charge in [0.2, 0.25) is 0 Å². The van der Waals surface area contributed by atoms with Gasteiger partial charge in [-0.3, -0.25) is 0 Å². The van der Waals surface area contributed by atoms with Gasteiger partial charge in [0, 0.05) is 0 Å². The number of nitrogens with zero attached hydrogens (tertiary/aromatic N) is 2. The van der Waals surface area contributed by atoms with Crippen molar-refractivity contribution in [2.75, 3.05) is 0 Å². The van der Waals surface area contributed by atoms with E-state index in [-0.39, 0.29) is 5.41 Å².